The fraction of sp³-hybridized carbons (Fsp3) is 0.833. The average Bonchev–Trinajstić information content (AvgIpc) is 2.26. The second-order valence-corrected chi connectivity index (χ2v) is 4.30. The molecule has 0 aromatic rings. The van der Waals surface area contributed by atoms with Crippen molar-refractivity contribution in [2.75, 3.05) is 13.7 Å². The number of methoxy groups -OCH3 is 1. The van der Waals surface area contributed by atoms with Crippen LogP contribution in [0, 0.1) is 11.5 Å². The summed E-state index contributed by atoms with van der Waals surface area (Å²) < 4.78 is 4.60. The second kappa shape index (κ2) is 7.10. The van der Waals surface area contributed by atoms with Crippen LogP contribution in [-0.4, -0.2) is 30.6 Å². The average molecular weight is 224 g/mol. The number of hydrogen-bond donors (Lipinski definition) is 0. The van der Waals surface area contributed by atoms with Crippen molar-refractivity contribution in [3.8, 4) is 6.19 Å². The van der Waals surface area contributed by atoms with E-state index in [1.165, 1.54) is 26.4 Å². The van der Waals surface area contributed by atoms with Gasteiger partial charge in [0, 0.05) is 6.04 Å². The fourth-order valence-electron chi connectivity index (χ4n) is 2.20. The van der Waals surface area contributed by atoms with Gasteiger partial charge in [-0.1, -0.05) is 32.1 Å². The summed E-state index contributed by atoms with van der Waals surface area (Å²) in [5, 5.41) is 9.05. The first-order valence-electron chi connectivity index (χ1n) is 6.01. The molecule has 0 unspecified atom stereocenters. The van der Waals surface area contributed by atoms with Crippen LogP contribution in [0.25, 0.3) is 0 Å². The van der Waals surface area contributed by atoms with Gasteiger partial charge in [0.25, 0.3) is 0 Å². The predicted octanol–water partition coefficient (Wildman–Crippen LogP) is 2.06. The Kier molecular flexibility index (Phi) is 5.69. The Morgan fingerprint density at radius 2 is 1.88 bits per heavy atom. The van der Waals surface area contributed by atoms with E-state index in [1.807, 2.05) is 0 Å². The Morgan fingerprint density at radius 3 is 2.38 bits per heavy atom. The molecule has 1 rings (SSSR count). The number of hydrogen-bond acceptors (Lipinski definition) is 4. The van der Waals surface area contributed by atoms with E-state index in [2.05, 4.69) is 10.9 Å². The summed E-state index contributed by atoms with van der Waals surface area (Å²) in [5.74, 6) is -0.330. The Morgan fingerprint density at radius 1 is 1.31 bits per heavy atom. The number of rotatable bonds is 3. The number of ether oxygens (including phenoxy) is 1. The molecule has 16 heavy (non-hydrogen) atoms. The standard InChI is InChI=1S/C12H20N2O2/c1-16-12(15)9-14(10-13)11-7-5-3-2-4-6-8-11/h11H,2-9H2,1H3. The van der Waals surface area contributed by atoms with Gasteiger partial charge >= 0.3 is 5.97 Å². The van der Waals surface area contributed by atoms with Gasteiger partial charge in [0.2, 0.25) is 0 Å². The van der Waals surface area contributed by atoms with Crippen LogP contribution in [0.2, 0.25) is 0 Å². The van der Waals surface area contributed by atoms with Gasteiger partial charge < -0.3 is 4.74 Å². The molecule has 0 spiro atoms. The minimum atomic E-state index is -0.330. The highest BCUT2D eigenvalue weighted by Crippen LogP contribution is 2.20. The summed E-state index contributed by atoms with van der Waals surface area (Å²) in [6.45, 7) is 0.0949. The van der Waals surface area contributed by atoms with Crippen molar-refractivity contribution in [1.82, 2.24) is 4.90 Å². The lowest BCUT2D eigenvalue weighted by Crippen LogP contribution is -2.36. The van der Waals surface area contributed by atoms with E-state index in [4.69, 9.17) is 5.26 Å². The molecule has 0 bridgehead atoms. The molecule has 1 aliphatic carbocycles. The molecule has 0 radical (unpaired) electrons. The van der Waals surface area contributed by atoms with E-state index < -0.39 is 0 Å². The summed E-state index contributed by atoms with van der Waals surface area (Å²) >= 11 is 0. The Balaban J connectivity index is 2.49. The van der Waals surface area contributed by atoms with E-state index >= 15 is 0 Å². The quantitative estimate of drug-likeness (QED) is 0.418. The van der Waals surface area contributed by atoms with Crippen LogP contribution in [0.1, 0.15) is 44.9 Å². The molecule has 1 fully saturated rings. The molecular weight excluding hydrogens is 204 g/mol. The molecule has 0 N–H and O–H groups in total. The molecule has 0 amide bonds. The van der Waals surface area contributed by atoms with Crippen molar-refractivity contribution < 1.29 is 9.53 Å². The predicted molar refractivity (Wildman–Crippen MR) is 60.4 cm³/mol. The van der Waals surface area contributed by atoms with Gasteiger partial charge in [0.05, 0.1) is 7.11 Å². The van der Waals surface area contributed by atoms with Crippen molar-refractivity contribution in [1.29, 1.82) is 5.26 Å². The number of carbonyl (C=O) groups excluding carboxylic acids is 1. The molecule has 1 aliphatic rings. The van der Waals surface area contributed by atoms with Crippen LogP contribution in [0.3, 0.4) is 0 Å². The van der Waals surface area contributed by atoms with Crippen LogP contribution in [-0.2, 0) is 9.53 Å². The third-order valence-corrected chi connectivity index (χ3v) is 3.17. The van der Waals surface area contributed by atoms with Gasteiger partial charge in [-0.25, -0.2) is 0 Å². The van der Waals surface area contributed by atoms with Gasteiger partial charge in [-0.05, 0) is 12.8 Å². The second-order valence-electron chi connectivity index (χ2n) is 4.30. The maximum Gasteiger partial charge on any atom is 0.326 e. The molecule has 4 nitrogen and oxygen atoms in total. The van der Waals surface area contributed by atoms with Crippen LogP contribution in [0.15, 0.2) is 0 Å². The fourth-order valence-corrected chi connectivity index (χ4v) is 2.20. The van der Waals surface area contributed by atoms with Crippen LogP contribution < -0.4 is 0 Å². The van der Waals surface area contributed by atoms with E-state index in [1.54, 1.807) is 4.90 Å². The Hall–Kier alpha value is -1.24. The third kappa shape index (κ3) is 4.09. The summed E-state index contributed by atoms with van der Waals surface area (Å²) in [6, 6.07) is 0.226. The maximum atomic E-state index is 11.2. The lowest BCUT2D eigenvalue weighted by Gasteiger charge is -2.27. The topological polar surface area (TPSA) is 53.3 Å². The van der Waals surface area contributed by atoms with Crippen LogP contribution in [0.5, 0.6) is 0 Å². The first-order valence-corrected chi connectivity index (χ1v) is 6.01. The van der Waals surface area contributed by atoms with Crippen molar-refractivity contribution in [3.05, 3.63) is 0 Å². The van der Waals surface area contributed by atoms with Crippen molar-refractivity contribution in [2.45, 2.75) is 51.0 Å². The monoisotopic (exact) mass is 224 g/mol. The highest BCUT2D eigenvalue weighted by molar-refractivity contribution is 5.71. The molecule has 0 heterocycles. The minimum Gasteiger partial charge on any atom is -0.468 e. The zero-order valence-corrected chi connectivity index (χ0v) is 9.95. The third-order valence-electron chi connectivity index (χ3n) is 3.17. The van der Waals surface area contributed by atoms with Crippen molar-refractivity contribution >= 4 is 5.97 Å². The summed E-state index contributed by atoms with van der Waals surface area (Å²) in [7, 11) is 1.36. The van der Waals surface area contributed by atoms with E-state index in [9.17, 15) is 4.79 Å². The minimum absolute atomic E-state index is 0.0949. The lowest BCUT2D eigenvalue weighted by molar-refractivity contribution is -0.141. The number of carbonyl (C=O) groups is 1. The molecule has 0 atom stereocenters. The smallest absolute Gasteiger partial charge is 0.326 e. The lowest BCUT2D eigenvalue weighted by atomic mass is 9.96. The number of esters is 1. The van der Waals surface area contributed by atoms with Crippen molar-refractivity contribution in [3.63, 3.8) is 0 Å². The number of nitrogens with zero attached hydrogens (tertiary/aromatic N) is 2. The van der Waals surface area contributed by atoms with Gasteiger partial charge in [-0.2, -0.15) is 5.26 Å². The summed E-state index contributed by atoms with van der Waals surface area (Å²) in [5.41, 5.74) is 0. The molecule has 0 aromatic carbocycles. The molecule has 0 aliphatic heterocycles. The van der Waals surface area contributed by atoms with Crippen LogP contribution in [0.4, 0.5) is 0 Å². The van der Waals surface area contributed by atoms with Gasteiger partial charge in [0.15, 0.2) is 6.19 Å². The van der Waals surface area contributed by atoms with Gasteiger partial charge in [0.1, 0.15) is 6.54 Å². The zero-order valence-electron chi connectivity index (χ0n) is 9.95. The molecule has 0 aromatic heterocycles. The first kappa shape index (κ1) is 12.8. The highest BCUT2D eigenvalue weighted by Gasteiger charge is 2.20. The normalized spacial score (nSPS) is 18.0. The maximum absolute atomic E-state index is 11.2. The van der Waals surface area contributed by atoms with E-state index in [-0.39, 0.29) is 18.6 Å². The zero-order chi connectivity index (χ0) is 11.8. The SMILES string of the molecule is COC(=O)CN(C#N)C1CCCCCCC1. The van der Waals surface area contributed by atoms with E-state index in [0.29, 0.717) is 0 Å². The molecule has 90 valence electrons. The molecule has 1 saturated carbocycles. The molecule has 4 heteroatoms. The largest absolute Gasteiger partial charge is 0.468 e. The summed E-state index contributed by atoms with van der Waals surface area (Å²) in [4.78, 5) is 12.7. The molecule has 0 saturated heterocycles. The Bertz CT molecular complexity index is 252. The molecular formula is C12H20N2O2. The Labute approximate surface area is 97.2 Å². The summed E-state index contributed by atoms with van der Waals surface area (Å²) in [6.07, 6.45) is 10.3. The first-order chi connectivity index (χ1) is 7.77. The highest BCUT2D eigenvalue weighted by atomic mass is 16.5. The van der Waals surface area contributed by atoms with E-state index in [0.717, 1.165) is 25.7 Å². The van der Waals surface area contributed by atoms with Gasteiger partial charge in [-0.15, -0.1) is 0 Å². The van der Waals surface area contributed by atoms with Crippen molar-refractivity contribution in [2.24, 2.45) is 0 Å². The van der Waals surface area contributed by atoms with Crippen LogP contribution >= 0.6 is 0 Å². The number of nitriles is 1. The van der Waals surface area contributed by atoms with Gasteiger partial charge in [-0.3, -0.25) is 9.69 Å².